The fourth-order valence-electron chi connectivity index (χ4n) is 2.99. The summed E-state index contributed by atoms with van der Waals surface area (Å²) >= 11 is 0. The first kappa shape index (κ1) is 25.4. The number of sulfonamides is 1. The molecular formula is C22H39N3O3S. The lowest BCUT2D eigenvalue weighted by Crippen LogP contribution is -2.39. The second kappa shape index (κ2) is 10.4. The van der Waals surface area contributed by atoms with Crippen LogP contribution in [0, 0.1) is 20.8 Å². The molecule has 1 rings (SSSR count). The average Bonchev–Trinajstić information content (AvgIpc) is 2.58. The fraction of sp³-hybridized carbons (Fsp3) is 0.682. The summed E-state index contributed by atoms with van der Waals surface area (Å²) in [6, 6.07) is 2.05. The number of benzene rings is 1. The molecule has 7 heteroatoms. The van der Waals surface area contributed by atoms with Crippen molar-refractivity contribution in [3.63, 3.8) is 0 Å². The first-order valence-electron chi connectivity index (χ1n) is 10.4. The number of carbonyl (C=O) groups is 1. The van der Waals surface area contributed by atoms with Gasteiger partial charge in [-0.15, -0.1) is 0 Å². The van der Waals surface area contributed by atoms with Crippen molar-refractivity contribution in [2.75, 3.05) is 18.4 Å². The minimum atomic E-state index is -3.27. The standard InChI is InChI=1S/C22H39N3O3S/c1-15(2)25-21(26)19-14-16(3)20(18(5)17(19)4)23-12-10-9-11-13-24-29(27,28)22(6,7)8/h14-15,23-24H,9-13H2,1-8H3,(H,25,26). The highest BCUT2D eigenvalue weighted by Gasteiger charge is 2.27. The van der Waals surface area contributed by atoms with Gasteiger partial charge in [-0.1, -0.05) is 6.42 Å². The molecule has 29 heavy (non-hydrogen) atoms. The van der Waals surface area contributed by atoms with Crippen LogP contribution in [0.15, 0.2) is 6.07 Å². The molecule has 0 spiro atoms. The number of rotatable bonds is 10. The predicted octanol–water partition coefficient (Wildman–Crippen LogP) is 4.05. The number of unbranched alkanes of at least 4 members (excludes halogenated alkanes) is 2. The molecule has 0 atom stereocenters. The van der Waals surface area contributed by atoms with Crippen molar-refractivity contribution in [2.24, 2.45) is 0 Å². The van der Waals surface area contributed by atoms with Gasteiger partial charge in [-0.3, -0.25) is 4.79 Å². The maximum Gasteiger partial charge on any atom is 0.251 e. The molecule has 0 heterocycles. The van der Waals surface area contributed by atoms with Gasteiger partial charge in [0.15, 0.2) is 0 Å². The topological polar surface area (TPSA) is 87.3 Å². The summed E-state index contributed by atoms with van der Waals surface area (Å²) in [6.07, 6.45) is 2.69. The SMILES string of the molecule is Cc1cc(C(=O)NC(C)C)c(C)c(C)c1NCCCCCNS(=O)(=O)C(C)(C)C. The van der Waals surface area contributed by atoms with E-state index in [0.29, 0.717) is 6.54 Å². The van der Waals surface area contributed by atoms with Crippen LogP contribution in [0.4, 0.5) is 5.69 Å². The van der Waals surface area contributed by atoms with Gasteiger partial charge in [-0.2, -0.15) is 0 Å². The van der Waals surface area contributed by atoms with Gasteiger partial charge in [0.2, 0.25) is 10.0 Å². The van der Waals surface area contributed by atoms with Crippen molar-refractivity contribution in [2.45, 2.75) is 85.4 Å². The van der Waals surface area contributed by atoms with Crippen LogP contribution < -0.4 is 15.4 Å². The number of hydrogen-bond donors (Lipinski definition) is 3. The third-order valence-corrected chi connectivity index (χ3v) is 7.21. The highest BCUT2D eigenvalue weighted by atomic mass is 32.2. The number of anilines is 1. The molecule has 0 saturated heterocycles. The summed E-state index contributed by atoms with van der Waals surface area (Å²) in [5.41, 5.74) is 4.95. The summed E-state index contributed by atoms with van der Waals surface area (Å²) < 4.78 is 25.9. The molecule has 0 saturated carbocycles. The van der Waals surface area contributed by atoms with Gasteiger partial charge >= 0.3 is 0 Å². The molecule has 1 amide bonds. The van der Waals surface area contributed by atoms with Gasteiger partial charge < -0.3 is 10.6 Å². The Bertz CT molecular complexity index is 810. The van der Waals surface area contributed by atoms with Crippen molar-refractivity contribution in [1.29, 1.82) is 0 Å². The number of amides is 1. The van der Waals surface area contributed by atoms with Crippen molar-refractivity contribution < 1.29 is 13.2 Å². The molecule has 3 N–H and O–H groups in total. The van der Waals surface area contributed by atoms with Crippen molar-refractivity contribution in [3.8, 4) is 0 Å². The quantitative estimate of drug-likeness (QED) is 0.494. The molecule has 0 fully saturated rings. The number of carbonyl (C=O) groups excluding carboxylic acids is 1. The molecule has 0 aromatic heterocycles. The van der Waals surface area contributed by atoms with Gasteiger partial charge in [0.25, 0.3) is 5.91 Å². The molecule has 166 valence electrons. The maximum atomic E-state index is 12.4. The number of hydrogen-bond acceptors (Lipinski definition) is 4. The number of nitrogens with one attached hydrogen (secondary N) is 3. The highest BCUT2D eigenvalue weighted by Crippen LogP contribution is 2.27. The van der Waals surface area contributed by atoms with E-state index in [1.807, 2.05) is 40.7 Å². The summed E-state index contributed by atoms with van der Waals surface area (Å²) in [6.45, 7) is 16.3. The maximum absolute atomic E-state index is 12.4. The molecule has 0 aliphatic heterocycles. The van der Waals surface area contributed by atoms with Crippen LogP contribution in [-0.2, 0) is 10.0 Å². The summed E-state index contributed by atoms with van der Waals surface area (Å²) in [5, 5.41) is 6.45. The van der Waals surface area contributed by atoms with Crippen molar-refractivity contribution in [3.05, 3.63) is 28.3 Å². The zero-order chi connectivity index (χ0) is 22.4. The van der Waals surface area contributed by atoms with Gasteiger partial charge in [-0.25, -0.2) is 13.1 Å². The van der Waals surface area contributed by atoms with Crippen LogP contribution in [0.5, 0.6) is 0 Å². The third-order valence-electron chi connectivity index (χ3n) is 5.01. The van der Waals surface area contributed by atoms with Crippen LogP contribution >= 0.6 is 0 Å². The Hall–Kier alpha value is -1.60. The third kappa shape index (κ3) is 7.30. The Labute approximate surface area is 177 Å². The Morgan fingerprint density at radius 1 is 1.00 bits per heavy atom. The van der Waals surface area contributed by atoms with Crippen LogP contribution in [0.3, 0.4) is 0 Å². The summed E-state index contributed by atoms with van der Waals surface area (Å²) in [7, 11) is -3.27. The van der Waals surface area contributed by atoms with Crippen molar-refractivity contribution in [1.82, 2.24) is 10.0 Å². The zero-order valence-corrected chi connectivity index (χ0v) is 20.1. The first-order valence-corrected chi connectivity index (χ1v) is 11.9. The lowest BCUT2D eigenvalue weighted by molar-refractivity contribution is 0.0942. The van der Waals surface area contributed by atoms with Gasteiger partial charge in [0.1, 0.15) is 0 Å². The molecule has 0 bridgehead atoms. The predicted molar refractivity (Wildman–Crippen MR) is 122 cm³/mol. The van der Waals surface area contributed by atoms with E-state index in [4.69, 9.17) is 0 Å². The van der Waals surface area contributed by atoms with E-state index in [0.717, 1.165) is 53.7 Å². The molecule has 0 aliphatic rings. The van der Waals surface area contributed by atoms with Crippen LogP contribution in [-0.4, -0.2) is 38.2 Å². The Balaban J connectivity index is 2.55. The fourth-order valence-corrected chi connectivity index (χ4v) is 3.84. The smallest absolute Gasteiger partial charge is 0.251 e. The van der Waals surface area contributed by atoms with Gasteiger partial charge in [0, 0.05) is 30.4 Å². The summed E-state index contributed by atoms with van der Waals surface area (Å²) in [5.74, 6) is -0.0343. The molecular weight excluding hydrogens is 386 g/mol. The van der Waals surface area contributed by atoms with E-state index in [9.17, 15) is 13.2 Å². The lowest BCUT2D eigenvalue weighted by atomic mass is 9.96. The second-order valence-corrected chi connectivity index (χ2v) is 11.5. The molecule has 0 aliphatic carbocycles. The second-order valence-electron chi connectivity index (χ2n) is 8.99. The van der Waals surface area contributed by atoms with E-state index < -0.39 is 14.8 Å². The van der Waals surface area contributed by atoms with E-state index in [1.54, 1.807) is 20.8 Å². The molecule has 1 aromatic rings. The minimum absolute atomic E-state index is 0.0343. The first-order chi connectivity index (χ1) is 13.3. The lowest BCUT2D eigenvalue weighted by Gasteiger charge is -2.20. The molecule has 0 radical (unpaired) electrons. The van der Waals surface area contributed by atoms with Crippen LogP contribution in [0.1, 0.15) is 80.9 Å². The zero-order valence-electron chi connectivity index (χ0n) is 19.3. The molecule has 6 nitrogen and oxygen atoms in total. The number of aryl methyl sites for hydroxylation is 1. The van der Waals surface area contributed by atoms with E-state index in [2.05, 4.69) is 15.4 Å². The largest absolute Gasteiger partial charge is 0.385 e. The Kier molecular flexibility index (Phi) is 9.15. The average molecular weight is 426 g/mol. The van der Waals surface area contributed by atoms with Crippen LogP contribution in [0.2, 0.25) is 0 Å². The highest BCUT2D eigenvalue weighted by molar-refractivity contribution is 7.90. The van der Waals surface area contributed by atoms with E-state index in [1.165, 1.54) is 0 Å². The monoisotopic (exact) mass is 425 g/mol. The van der Waals surface area contributed by atoms with Gasteiger partial charge in [0.05, 0.1) is 4.75 Å². The Morgan fingerprint density at radius 2 is 1.59 bits per heavy atom. The van der Waals surface area contributed by atoms with Gasteiger partial charge in [-0.05, 0) is 91.0 Å². The van der Waals surface area contributed by atoms with E-state index in [-0.39, 0.29) is 11.9 Å². The normalized spacial score (nSPS) is 12.3. The molecule has 1 aromatic carbocycles. The van der Waals surface area contributed by atoms with E-state index >= 15 is 0 Å². The van der Waals surface area contributed by atoms with Crippen LogP contribution in [0.25, 0.3) is 0 Å². The summed E-state index contributed by atoms with van der Waals surface area (Å²) in [4.78, 5) is 12.4. The minimum Gasteiger partial charge on any atom is -0.385 e. The molecule has 0 unspecified atom stereocenters. The van der Waals surface area contributed by atoms with Crippen molar-refractivity contribution >= 4 is 21.6 Å². The Morgan fingerprint density at radius 3 is 2.14 bits per heavy atom.